The molecule has 4 N–H and O–H groups in total. The Labute approximate surface area is 110 Å². The van der Waals surface area contributed by atoms with Crippen LogP contribution in [0.2, 0.25) is 0 Å². The van der Waals surface area contributed by atoms with Crippen LogP contribution in [-0.4, -0.2) is 78.1 Å². The third-order valence-electron chi connectivity index (χ3n) is 0.274. The maximum absolute atomic E-state index is 9.00. The molecule has 0 radical (unpaired) electrons. The fourth-order valence-corrected chi connectivity index (χ4v) is 0. The molecule has 0 aromatic heterocycles. The summed E-state index contributed by atoms with van der Waals surface area (Å²) in [6.07, 6.45) is 0. The molecule has 0 saturated heterocycles. The van der Waals surface area contributed by atoms with Crippen molar-refractivity contribution in [3.63, 3.8) is 0 Å². The molecule has 0 aliphatic carbocycles. The van der Waals surface area contributed by atoms with Crippen LogP contribution in [0.4, 0.5) is 0 Å². The monoisotopic (exact) mass is 330 g/mol. The van der Waals surface area contributed by atoms with Crippen molar-refractivity contribution in [3.8, 4) is 0 Å². The van der Waals surface area contributed by atoms with Gasteiger partial charge in [0.2, 0.25) is 0 Å². The van der Waals surface area contributed by atoms with E-state index in [2.05, 4.69) is 3.32 Å². The average molecular weight is 329 g/mol. The zero-order chi connectivity index (χ0) is 8.78. The van der Waals surface area contributed by atoms with Crippen LogP contribution >= 0.6 is 0 Å². The Balaban J connectivity index is -0.000000114. The zero-order valence-electron chi connectivity index (χ0n) is 5.61. The number of carboxylic acid groups (broad SMARTS) is 1. The molecule has 11 heavy (non-hydrogen) atoms. The van der Waals surface area contributed by atoms with E-state index in [1.807, 2.05) is 0 Å². The summed E-state index contributed by atoms with van der Waals surface area (Å²) in [5.74, 6) is -0.833. The third kappa shape index (κ3) is 50.6. The van der Waals surface area contributed by atoms with Crippen LogP contribution in [0.15, 0.2) is 0 Å². The summed E-state index contributed by atoms with van der Waals surface area (Å²) in [7, 11) is 1.04. The molecule has 0 rings (SSSR count). The fourth-order valence-electron chi connectivity index (χ4n) is 0. The molecule has 6 nitrogen and oxygen atoms in total. The summed E-state index contributed by atoms with van der Waals surface area (Å²) in [6.45, 7) is 1.08. The van der Waals surface area contributed by atoms with Gasteiger partial charge in [-0.15, -0.1) is 0 Å². The van der Waals surface area contributed by atoms with Gasteiger partial charge in [0.1, 0.15) is 0 Å². The number of carboxylic acids is 1. The molecule has 66 valence electrons. The van der Waals surface area contributed by atoms with Gasteiger partial charge in [-0.3, -0.25) is 4.79 Å². The van der Waals surface area contributed by atoms with Gasteiger partial charge in [0.25, 0.3) is 5.97 Å². The fraction of sp³-hybridized carbons (Fsp3) is 0.667. The second kappa shape index (κ2) is 9.68. The molecule has 0 atom stereocenters. The first-order chi connectivity index (χ1) is 4.29. The maximum atomic E-state index is 9.00. The van der Waals surface area contributed by atoms with E-state index < -0.39 is 24.1 Å². The summed E-state index contributed by atoms with van der Waals surface area (Å²) in [5.41, 5.74) is 0. The normalized spacial score (nSPS) is 8.82. The second-order valence-electron chi connectivity index (χ2n) is 1.30. The van der Waals surface area contributed by atoms with Crippen LogP contribution in [0, 0.1) is 0 Å². The van der Waals surface area contributed by atoms with Gasteiger partial charge in [-0.1, -0.05) is 0 Å². The summed E-state index contributed by atoms with van der Waals surface area (Å²) >= 11 is -4.54. The van der Waals surface area contributed by atoms with Gasteiger partial charge in [0.05, 0.1) is 0 Å². The van der Waals surface area contributed by atoms with Crippen molar-refractivity contribution in [2.75, 3.05) is 7.11 Å². The van der Waals surface area contributed by atoms with Crippen molar-refractivity contribution < 1.29 is 42.4 Å². The summed E-state index contributed by atoms with van der Waals surface area (Å²) in [4.78, 5) is 9.00. The van der Waals surface area contributed by atoms with Crippen molar-refractivity contribution in [2.24, 2.45) is 0 Å². The Bertz CT molecular complexity index is 96.5. The molecule has 0 amide bonds. The Morgan fingerprint density at radius 1 is 1.36 bits per heavy atom. The van der Waals surface area contributed by atoms with E-state index in [1.54, 1.807) is 0 Å². The van der Waals surface area contributed by atoms with Gasteiger partial charge in [-0.05, 0) is 0 Å². The van der Waals surface area contributed by atoms with Crippen LogP contribution in [0.3, 0.4) is 0 Å². The van der Waals surface area contributed by atoms with Gasteiger partial charge in [-0.2, -0.15) is 0 Å². The molecule has 0 spiro atoms. The number of rotatable bonds is 1. The molecule has 0 saturated carbocycles. The average Bonchev–Trinajstić information content (AvgIpc) is 1.63. The van der Waals surface area contributed by atoms with Crippen LogP contribution in [0.25, 0.3) is 0 Å². The van der Waals surface area contributed by atoms with E-state index in [1.165, 1.54) is 0 Å². The first-order valence-electron chi connectivity index (χ1n) is 2.21. The summed E-state index contributed by atoms with van der Waals surface area (Å²) < 4.78 is 27.5. The quantitative estimate of drug-likeness (QED) is 0.400. The molecule has 8 heteroatoms. The van der Waals surface area contributed by atoms with Crippen LogP contribution < -0.4 is 0 Å². The van der Waals surface area contributed by atoms with Gasteiger partial charge in [-0.25, -0.2) is 0 Å². The molecule has 0 unspecified atom stereocenters. The van der Waals surface area contributed by atoms with Crippen molar-refractivity contribution in [2.45, 2.75) is 6.92 Å². The molecular weight excluding hydrogens is 317 g/mol. The standard InChI is InChI=1S/C2H4O2.CH3O.Ba.3H2O.Ti.2H/c1-2(3)4;1-2;;;;;;;/h1H3,(H,3,4);1H3;;3*1H2;;;/q;-1;;;;;+4;;/p-3. The van der Waals surface area contributed by atoms with Gasteiger partial charge in [0.15, 0.2) is 0 Å². The van der Waals surface area contributed by atoms with Crippen LogP contribution in [-0.2, 0) is 26.3 Å². The molecule has 0 heterocycles. The number of aliphatic carboxylic acids is 1. The third-order valence-corrected chi connectivity index (χ3v) is 1.13. The molecule has 0 aliphatic rings. The van der Waals surface area contributed by atoms with Crippen molar-refractivity contribution >= 4 is 54.9 Å². The predicted molar refractivity (Wildman–Crippen MR) is 35.5 cm³/mol. The molecule has 0 bridgehead atoms. The minimum absolute atomic E-state index is 0. The molecule has 0 aliphatic heterocycles. The molecule has 0 fully saturated rings. The van der Waals surface area contributed by atoms with Gasteiger partial charge < -0.3 is 5.11 Å². The SMILES string of the molecule is CC(=O)O.C[O][Ti]([OH])([OH])[OH].[BaH2]. The van der Waals surface area contributed by atoms with Crippen LogP contribution in [0.1, 0.15) is 6.92 Å². The minimum atomic E-state index is -4.54. The number of carbonyl (C=O) groups is 1. The molecule has 0 aromatic carbocycles. The predicted octanol–water partition coefficient (Wildman–Crippen LogP) is -2.40. The number of hydrogen-bond acceptors (Lipinski definition) is 5. The summed E-state index contributed by atoms with van der Waals surface area (Å²) in [6, 6.07) is 0. The van der Waals surface area contributed by atoms with E-state index >= 15 is 0 Å². The Hall–Kier alpha value is 1.60. The first kappa shape index (κ1) is 18.4. The Morgan fingerprint density at radius 2 is 1.45 bits per heavy atom. The van der Waals surface area contributed by atoms with E-state index in [9.17, 15) is 0 Å². The van der Waals surface area contributed by atoms with Crippen molar-refractivity contribution in [1.29, 1.82) is 0 Å². The first-order valence-corrected chi connectivity index (χ1v) is 4.94. The number of hydrogen-bond donors (Lipinski definition) is 4. The molecule has 0 aromatic rings. The van der Waals surface area contributed by atoms with Crippen molar-refractivity contribution in [1.82, 2.24) is 0 Å². The Morgan fingerprint density at radius 3 is 1.45 bits per heavy atom. The second-order valence-corrected chi connectivity index (χ2v) is 3.73. The van der Waals surface area contributed by atoms with Gasteiger partial charge >= 0.3 is 88.5 Å². The molecular formula is C3H12BaO6Ti. The van der Waals surface area contributed by atoms with E-state index in [-0.39, 0.29) is 48.9 Å². The van der Waals surface area contributed by atoms with Gasteiger partial charge in [0, 0.05) is 6.92 Å². The van der Waals surface area contributed by atoms with Crippen LogP contribution in [0.5, 0.6) is 0 Å². The van der Waals surface area contributed by atoms with E-state index in [0.29, 0.717) is 0 Å². The van der Waals surface area contributed by atoms with E-state index in [0.717, 1.165) is 14.0 Å². The topological polar surface area (TPSA) is 107 Å². The zero-order valence-corrected chi connectivity index (χ0v) is 7.17. The van der Waals surface area contributed by atoms with Crippen molar-refractivity contribution in [3.05, 3.63) is 0 Å². The van der Waals surface area contributed by atoms with E-state index in [4.69, 9.17) is 21.0 Å². The Kier molecular flexibility index (Phi) is 16.2. The summed E-state index contributed by atoms with van der Waals surface area (Å²) in [5, 5.41) is 7.42.